The fourth-order valence-corrected chi connectivity index (χ4v) is 4.49. The Morgan fingerprint density at radius 1 is 1.26 bits per heavy atom. The molecule has 1 N–H and O–H groups in total. The highest BCUT2D eigenvalue weighted by Gasteiger charge is 2.28. The van der Waals surface area contributed by atoms with Crippen molar-refractivity contribution in [1.82, 2.24) is 19.9 Å². The summed E-state index contributed by atoms with van der Waals surface area (Å²) in [4.78, 5) is 39.0. The molecular weight excluding hydrogens is 419 g/mol. The summed E-state index contributed by atoms with van der Waals surface area (Å²) in [5.74, 6) is -0.273. The first kappa shape index (κ1) is 19.5. The Morgan fingerprint density at radius 3 is 2.97 bits per heavy atom. The van der Waals surface area contributed by atoms with E-state index in [9.17, 15) is 14.0 Å². The highest BCUT2D eigenvalue weighted by Crippen LogP contribution is 2.28. The number of rotatable bonds is 3. The number of aromatic nitrogens is 3. The molecule has 4 aromatic rings. The van der Waals surface area contributed by atoms with Gasteiger partial charge in [-0.15, -0.1) is 11.3 Å². The SMILES string of the molecule is O=C(c1csc2c(=O)[nH]c(-c3ccccn3)nc12)N1CCOC(c2cccc(F)c2)C1. The molecule has 7 nitrogen and oxygen atoms in total. The Balaban J connectivity index is 1.48. The number of amides is 1. The quantitative estimate of drug-likeness (QED) is 0.532. The van der Waals surface area contributed by atoms with Crippen molar-refractivity contribution in [3.8, 4) is 11.5 Å². The molecular formula is C22H17FN4O3S. The number of thiophene rings is 1. The van der Waals surface area contributed by atoms with Crippen molar-refractivity contribution in [2.45, 2.75) is 6.10 Å². The number of ether oxygens (including phenoxy) is 1. The van der Waals surface area contributed by atoms with Crippen molar-refractivity contribution in [2.75, 3.05) is 19.7 Å². The number of halogens is 1. The molecule has 1 fully saturated rings. The second kappa shape index (κ2) is 8.01. The zero-order valence-corrected chi connectivity index (χ0v) is 17.1. The van der Waals surface area contributed by atoms with Crippen LogP contribution < -0.4 is 5.56 Å². The Labute approximate surface area is 180 Å². The molecule has 1 amide bonds. The van der Waals surface area contributed by atoms with Crippen LogP contribution in [0.3, 0.4) is 0 Å². The fraction of sp³-hybridized carbons (Fsp3) is 0.182. The molecule has 156 valence electrons. The number of benzene rings is 1. The van der Waals surface area contributed by atoms with Gasteiger partial charge in [0.15, 0.2) is 5.82 Å². The lowest BCUT2D eigenvalue weighted by atomic mass is 10.1. The molecule has 1 aliphatic heterocycles. The van der Waals surface area contributed by atoms with Crippen LogP contribution in [0.25, 0.3) is 21.7 Å². The number of fused-ring (bicyclic) bond motifs is 1. The van der Waals surface area contributed by atoms with E-state index in [0.29, 0.717) is 46.0 Å². The van der Waals surface area contributed by atoms with E-state index in [1.54, 1.807) is 46.8 Å². The van der Waals surface area contributed by atoms with Crippen molar-refractivity contribution in [3.05, 3.63) is 81.3 Å². The molecule has 31 heavy (non-hydrogen) atoms. The van der Waals surface area contributed by atoms with E-state index < -0.39 is 6.10 Å². The van der Waals surface area contributed by atoms with Crippen LogP contribution in [0.5, 0.6) is 0 Å². The summed E-state index contributed by atoms with van der Waals surface area (Å²) >= 11 is 1.18. The van der Waals surface area contributed by atoms with E-state index in [1.807, 2.05) is 0 Å². The molecule has 0 bridgehead atoms. The lowest BCUT2D eigenvalue weighted by molar-refractivity contribution is -0.0228. The van der Waals surface area contributed by atoms with E-state index >= 15 is 0 Å². The first-order chi connectivity index (χ1) is 15.1. The molecule has 1 aliphatic rings. The van der Waals surface area contributed by atoms with Crippen LogP contribution in [0.2, 0.25) is 0 Å². The molecule has 1 saturated heterocycles. The van der Waals surface area contributed by atoms with Crippen molar-refractivity contribution in [3.63, 3.8) is 0 Å². The minimum Gasteiger partial charge on any atom is -0.370 e. The van der Waals surface area contributed by atoms with Gasteiger partial charge >= 0.3 is 0 Å². The molecule has 4 heterocycles. The number of morpholine rings is 1. The van der Waals surface area contributed by atoms with E-state index in [2.05, 4.69) is 15.0 Å². The predicted molar refractivity (Wildman–Crippen MR) is 114 cm³/mol. The summed E-state index contributed by atoms with van der Waals surface area (Å²) in [5, 5.41) is 1.66. The molecule has 3 aromatic heterocycles. The Hall–Kier alpha value is -3.43. The molecule has 1 atom stereocenters. The normalized spacial score (nSPS) is 16.5. The van der Waals surface area contributed by atoms with Gasteiger partial charge in [-0.3, -0.25) is 14.6 Å². The number of hydrogen-bond donors (Lipinski definition) is 1. The van der Waals surface area contributed by atoms with Crippen LogP contribution in [0.15, 0.2) is 58.8 Å². The monoisotopic (exact) mass is 436 g/mol. The van der Waals surface area contributed by atoms with E-state index in [0.717, 1.165) is 0 Å². The van der Waals surface area contributed by atoms with Crippen molar-refractivity contribution >= 4 is 27.5 Å². The minimum absolute atomic E-state index is 0.235. The number of carbonyl (C=O) groups excluding carboxylic acids is 1. The van der Waals surface area contributed by atoms with Crippen LogP contribution in [0.1, 0.15) is 22.0 Å². The van der Waals surface area contributed by atoms with Gasteiger partial charge in [-0.2, -0.15) is 0 Å². The summed E-state index contributed by atoms with van der Waals surface area (Å²) in [6, 6.07) is 11.5. The first-order valence-electron chi connectivity index (χ1n) is 9.69. The van der Waals surface area contributed by atoms with Gasteiger partial charge in [0.2, 0.25) is 0 Å². The standard InChI is InChI=1S/C22H17FN4O3S/c23-14-5-3-4-13(10-14)17-11-27(8-9-30-17)22(29)15-12-31-19-18(15)25-20(26-21(19)28)16-6-1-2-7-24-16/h1-7,10,12,17H,8-9,11H2,(H,25,26,28). The largest absolute Gasteiger partial charge is 0.370 e. The lowest BCUT2D eigenvalue weighted by Gasteiger charge is -2.33. The van der Waals surface area contributed by atoms with Crippen LogP contribution in [0, 0.1) is 5.82 Å². The second-order valence-corrected chi connectivity index (χ2v) is 8.00. The number of H-pyrrole nitrogens is 1. The average molecular weight is 436 g/mol. The molecule has 9 heteroatoms. The maximum Gasteiger partial charge on any atom is 0.269 e. The number of aromatic amines is 1. The fourth-order valence-electron chi connectivity index (χ4n) is 3.62. The summed E-state index contributed by atoms with van der Waals surface area (Å²) in [6.45, 7) is 1.02. The molecule has 0 saturated carbocycles. The number of pyridine rings is 1. The van der Waals surface area contributed by atoms with Gasteiger partial charge in [0, 0.05) is 18.1 Å². The first-order valence-corrected chi connectivity index (χ1v) is 10.6. The number of hydrogen-bond acceptors (Lipinski definition) is 6. The molecule has 0 radical (unpaired) electrons. The second-order valence-electron chi connectivity index (χ2n) is 7.12. The van der Waals surface area contributed by atoms with Crippen LogP contribution in [0.4, 0.5) is 4.39 Å². The number of nitrogens with zero attached hydrogens (tertiary/aromatic N) is 3. The van der Waals surface area contributed by atoms with Crippen molar-refractivity contribution in [2.24, 2.45) is 0 Å². The third-order valence-electron chi connectivity index (χ3n) is 5.14. The minimum atomic E-state index is -0.418. The summed E-state index contributed by atoms with van der Waals surface area (Å²) in [5.41, 5.74) is 1.61. The van der Waals surface area contributed by atoms with E-state index in [-0.39, 0.29) is 23.8 Å². The van der Waals surface area contributed by atoms with Gasteiger partial charge in [-0.05, 0) is 29.8 Å². The van der Waals surface area contributed by atoms with Crippen molar-refractivity contribution in [1.29, 1.82) is 0 Å². The van der Waals surface area contributed by atoms with Crippen LogP contribution in [-0.4, -0.2) is 45.5 Å². The van der Waals surface area contributed by atoms with Gasteiger partial charge in [0.05, 0.1) is 18.7 Å². The highest BCUT2D eigenvalue weighted by atomic mass is 32.1. The van der Waals surface area contributed by atoms with E-state index in [4.69, 9.17) is 4.74 Å². The predicted octanol–water partition coefficient (Wildman–Crippen LogP) is 3.40. The molecule has 0 aliphatic carbocycles. The van der Waals surface area contributed by atoms with Crippen LogP contribution >= 0.6 is 11.3 Å². The zero-order chi connectivity index (χ0) is 21.4. The average Bonchev–Trinajstić information content (AvgIpc) is 3.24. The molecule has 5 rings (SSSR count). The number of nitrogens with one attached hydrogen (secondary N) is 1. The maximum absolute atomic E-state index is 13.6. The summed E-state index contributed by atoms with van der Waals surface area (Å²) in [7, 11) is 0. The van der Waals surface area contributed by atoms with Gasteiger partial charge in [-0.1, -0.05) is 18.2 Å². The zero-order valence-electron chi connectivity index (χ0n) is 16.2. The maximum atomic E-state index is 13.6. The van der Waals surface area contributed by atoms with E-state index in [1.165, 1.54) is 23.5 Å². The smallest absolute Gasteiger partial charge is 0.269 e. The third-order valence-corrected chi connectivity index (χ3v) is 6.11. The Morgan fingerprint density at radius 2 is 2.16 bits per heavy atom. The molecule has 1 aromatic carbocycles. The summed E-state index contributed by atoms with van der Waals surface area (Å²) in [6.07, 6.45) is 1.19. The highest BCUT2D eigenvalue weighted by molar-refractivity contribution is 7.17. The van der Waals surface area contributed by atoms with Crippen LogP contribution in [-0.2, 0) is 4.74 Å². The molecule has 1 unspecified atom stereocenters. The molecule has 0 spiro atoms. The van der Waals surface area contributed by atoms with Gasteiger partial charge in [0.1, 0.15) is 27.8 Å². The third kappa shape index (κ3) is 3.73. The van der Waals surface area contributed by atoms with Crippen molar-refractivity contribution < 1.29 is 13.9 Å². The van der Waals surface area contributed by atoms with Gasteiger partial charge in [-0.25, -0.2) is 9.37 Å². The lowest BCUT2D eigenvalue weighted by Crippen LogP contribution is -2.42. The topological polar surface area (TPSA) is 88.2 Å². The summed E-state index contributed by atoms with van der Waals surface area (Å²) < 4.78 is 19.8. The number of carbonyl (C=O) groups is 1. The van der Waals surface area contributed by atoms with Gasteiger partial charge in [0.25, 0.3) is 11.5 Å². The van der Waals surface area contributed by atoms with Gasteiger partial charge < -0.3 is 14.6 Å². The Kier molecular flexibility index (Phi) is 5.05. The Bertz CT molecular complexity index is 1320.